The highest BCUT2D eigenvalue weighted by Crippen LogP contribution is 1.94. The fourth-order valence-corrected chi connectivity index (χ4v) is 0.717. The van der Waals surface area contributed by atoms with Crippen LogP contribution in [0.2, 0.25) is 0 Å². The molecule has 0 fully saturated rings. The molecule has 0 aromatic carbocycles. The molecular weight excluding hydrogens is 124 g/mol. The van der Waals surface area contributed by atoms with Crippen LogP contribution in [0.25, 0.3) is 0 Å². The Kier molecular flexibility index (Phi) is 2.26. The number of hydrogen-bond acceptors (Lipinski definition) is 2. The van der Waals surface area contributed by atoms with Gasteiger partial charge in [-0.25, -0.2) is 0 Å². The maximum Gasteiger partial charge on any atom is 0.0595 e. The standard InChI is InChI=1S/C8H12N2/c1-7-4-3-5-8(2)10-9-6-7/h3-6,8,10H,1-2H3/b5-3-,7-4+,9-6-. The summed E-state index contributed by atoms with van der Waals surface area (Å²) in [7, 11) is 0. The van der Waals surface area contributed by atoms with Gasteiger partial charge in [-0.3, -0.25) is 0 Å². The van der Waals surface area contributed by atoms with Gasteiger partial charge in [0.15, 0.2) is 0 Å². The molecule has 0 saturated heterocycles. The van der Waals surface area contributed by atoms with Crippen LogP contribution in [0.1, 0.15) is 13.8 Å². The topological polar surface area (TPSA) is 24.4 Å². The molecule has 1 atom stereocenters. The number of hydrazone groups is 1. The molecule has 2 heteroatoms. The zero-order chi connectivity index (χ0) is 7.40. The zero-order valence-electron chi connectivity index (χ0n) is 6.33. The molecule has 0 aromatic heterocycles. The van der Waals surface area contributed by atoms with Crippen LogP contribution in [0, 0.1) is 0 Å². The van der Waals surface area contributed by atoms with E-state index in [1.165, 1.54) is 0 Å². The maximum atomic E-state index is 4.00. The molecule has 1 heterocycles. The van der Waals surface area contributed by atoms with Gasteiger partial charge >= 0.3 is 0 Å². The predicted octanol–water partition coefficient (Wildman–Crippen LogP) is 1.47. The van der Waals surface area contributed by atoms with Crippen LogP contribution in [0.5, 0.6) is 0 Å². The summed E-state index contributed by atoms with van der Waals surface area (Å²) in [6.45, 7) is 4.08. The molecule has 10 heavy (non-hydrogen) atoms. The summed E-state index contributed by atoms with van der Waals surface area (Å²) in [4.78, 5) is 0. The summed E-state index contributed by atoms with van der Waals surface area (Å²) >= 11 is 0. The Morgan fingerprint density at radius 2 is 2.40 bits per heavy atom. The molecule has 1 N–H and O–H groups in total. The lowest BCUT2D eigenvalue weighted by Crippen LogP contribution is -2.18. The Bertz CT molecular complexity index is 189. The quantitative estimate of drug-likeness (QED) is 0.535. The molecule has 1 aliphatic heterocycles. The van der Waals surface area contributed by atoms with Crippen LogP contribution in [0.4, 0.5) is 0 Å². The molecule has 2 nitrogen and oxygen atoms in total. The van der Waals surface area contributed by atoms with Crippen molar-refractivity contribution < 1.29 is 0 Å². The zero-order valence-corrected chi connectivity index (χ0v) is 6.33. The first-order valence-corrected chi connectivity index (χ1v) is 3.43. The van der Waals surface area contributed by atoms with Gasteiger partial charge in [0, 0.05) is 6.21 Å². The number of nitrogens with one attached hydrogen (secondary N) is 1. The van der Waals surface area contributed by atoms with Gasteiger partial charge in [0.2, 0.25) is 0 Å². The molecule has 1 aliphatic rings. The van der Waals surface area contributed by atoms with Crippen LogP contribution in [0.15, 0.2) is 28.9 Å². The van der Waals surface area contributed by atoms with E-state index in [0.717, 1.165) is 5.57 Å². The lowest BCUT2D eigenvalue weighted by molar-refractivity contribution is 0.673. The first kappa shape index (κ1) is 7.06. The largest absolute Gasteiger partial charge is 0.303 e. The fourth-order valence-electron chi connectivity index (χ4n) is 0.717. The highest BCUT2D eigenvalue weighted by Gasteiger charge is 1.92. The molecule has 1 unspecified atom stereocenters. The highest BCUT2D eigenvalue weighted by atomic mass is 15.3. The molecule has 0 aromatic rings. The smallest absolute Gasteiger partial charge is 0.0595 e. The van der Waals surface area contributed by atoms with E-state index in [9.17, 15) is 0 Å². The van der Waals surface area contributed by atoms with Crippen molar-refractivity contribution >= 4 is 6.21 Å². The van der Waals surface area contributed by atoms with Crippen molar-refractivity contribution in [2.45, 2.75) is 19.9 Å². The Labute approximate surface area is 61.3 Å². The Morgan fingerprint density at radius 3 is 3.20 bits per heavy atom. The maximum absolute atomic E-state index is 4.00. The lowest BCUT2D eigenvalue weighted by atomic mass is 10.2. The van der Waals surface area contributed by atoms with Gasteiger partial charge in [-0.2, -0.15) is 5.10 Å². The highest BCUT2D eigenvalue weighted by molar-refractivity contribution is 5.78. The molecule has 0 amide bonds. The third-order valence-corrected chi connectivity index (χ3v) is 1.31. The fraction of sp³-hybridized carbons (Fsp3) is 0.375. The number of hydrogen-bond donors (Lipinski definition) is 1. The summed E-state index contributed by atoms with van der Waals surface area (Å²) in [5.74, 6) is 0. The first-order chi connectivity index (χ1) is 4.79. The first-order valence-electron chi connectivity index (χ1n) is 3.43. The number of allylic oxidation sites excluding steroid dienone is 3. The summed E-state index contributed by atoms with van der Waals surface area (Å²) in [6.07, 6.45) is 7.97. The molecule has 0 radical (unpaired) electrons. The van der Waals surface area contributed by atoms with E-state index in [-0.39, 0.29) is 0 Å². The van der Waals surface area contributed by atoms with Crippen molar-refractivity contribution in [1.82, 2.24) is 5.43 Å². The van der Waals surface area contributed by atoms with E-state index < -0.39 is 0 Å². The summed E-state index contributed by atoms with van der Waals surface area (Å²) in [5.41, 5.74) is 4.12. The van der Waals surface area contributed by atoms with Crippen LogP contribution >= 0.6 is 0 Å². The van der Waals surface area contributed by atoms with E-state index in [1.54, 1.807) is 0 Å². The van der Waals surface area contributed by atoms with E-state index in [4.69, 9.17) is 0 Å². The van der Waals surface area contributed by atoms with Crippen LogP contribution in [-0.4, -0.2) is 12.3 Å². The van der Waals surface area contributed by atoms with Crippen molar-refractivity contribution in [2.75, 3.05) is 0 Å². The van der Waals surface area contributed by atoms with Gasteiger partial charge in [-0.15, -0.1) is 0 Å². The van der Waals surface area contributed by atoms with Crippen molar-refractivity contribution in [3.63, 3.8) is 0 Å². The van der Waals surface area contributed by atoms with Gasteiger partial charge in [-0.1, -0.05) is 18.2 Å². The Hall–Kier alpha value is -1.05. The third kappa shape index (κ3) is 2.05. The molecule has 0 spiro atoms. The van der Waals surface area contributed by atoms with Crippen molar-refractivity contribution in [3.05, 3.63) is 23.8 Å². The number of nitrogens with zero attached hydrogens (tertiary/aromatic N) is 1. The predicted molar refractivity (Wildman–Crippen MR) is 44.0 cm³/mol. The molecular formula is C8H12N2. The van der Waals surface area contributed by atoms with E-state index in [2.05, 4.69) is 23.5 Å². The van der Waals surface area contributed by atoms with Crippen molar-refractivity contribution in [1.29, 1.82) is 0 Å². The summed E-state index contributed by atoms with van der Waals surface area (Å²) < 4.78 is 0. The molecule has 54 valence electrons. The summed E-state index contributed by atoms with van der Waals surface area (Å²) in [6, 6.07) is 0.334. The lowest BCUT2D eigenvalue weighted by Gasteiger charge is -2.05. The minimum Gasteiger partial charge on any atom is -0.303 e. The SMILES string of the molecule is CC1=C\C=C/C(C)N/N=C\1. The normalized spacial score (nSPS) is 36.2. The van der Waals surface area contributed by atoms with Gasteiger partial charge in [-0.05, 0) is 19.4 Å². The van der Waals surface area contributed by atoms with Crippen LogP contribution in [0.3, 0.4) is 0 Å². The molecule has 0 aliphatic carbocycles. The van der Waals surface area contributed by atoms with E-state index >= 15 is 0 Å². The second-order valence-corrected chi connectivity index (χ2v) is 2.47. The Balaban J connectivity index is 2.70. The molecule has 0 bridgehead atoms. The van der Waals surface area contributed by atoms with Crippen molar-refractivity contribution in [3.8, 4) is 0 Å². The minimum atomic E-state index is 0.334. The average Bonchev–Trinajstić information content (AvgIpc) is 1.84. The van der Waals surface area contributed by atoms with Crippen LogP contribution in [-0.2, 0) is 0 Å². The Morgan fingerprint density at radius 1 is 1.60 bits per heavy atom. The monoisotopic (exact) mass is 136 g/mol. The van der Waals surface area contributed by atoms with Gasteiger partial charge in [0.05, 0.1) is 6.04 Å². The summed E-state index contributed by atoms with van der Waals surface area (Å²) in [5, 5.41) is 4.00. The minimum absolute atomic E-state index is 0.334. The van der Waals surface area contributed by atoms with Gasteiger partial charge in [0.25, 0.3) is 0 Å². The molecule has 1 rings (SSSR count). The van der Waals surface area contributed by atoms with Gasteiger partial charge in [0.1, 0.15) is 0 Å². The average molecular weight is 136 g/mol. The van der Waals surface area contributed by atoms with Gasteiger partial charge < -0.3 is 5.43 Å². The van der Waals surface area contributed by atoms with E-state index in [1.807, 2.05) is 25.3 Å². The van der Waals surface area contributed by atoms with E-state index in [0.29, 0.717) is 6.04 Å². The molecule has 0 saturated carbocycles. The number of rotatable bonds is 0. The van der Waals surface area contributed by atoms with Crippen molar-refractivity contribution in [2.24, 2.45) is 5.10 Å². The second kappa shape index (κ2) is 3.20. The van der Waals surface area contributed by atoms with Crippen LogP contribution < -0.4 is 5.43 Å². The second-order valence-electron chi connectivity index (χ2n) is 2.47. The third-order valence-electron chi connectivity index (χ3n) is 1.31.